The summed E-state index contributed by atoms with van der Waals surface area (Å²) in [4.78, 5) is 30.5. The molecule has 1 amide bonds. The first kappa shape index (κ1) is 24.5. The summed E-state index contributed by atoms with van der Waals surface area (Å²) in [5.41, 5.74) is 1.88. The highest BCUT2D eigenvalue weighted by Crippen LogP contribution is 2.37. The van der Waals surface area contributed by atoms with Crippen LogP contribution < -0.4 is 10.5 Å². The van der Waals surface area contributed by atoms with Gasteiger partial charge in [-0.2, -0.15) is 5.26 Å². The van der Waals surface area contributed by atoms with E-state index in [4.69, 9.17) is 23.8 Å². The van der Waals surface area contributed by atoms with E-state index in [9.17, 15) is 14.9 Å². The Morgan fingerprint density at radius 3 is 2.74 bits per heavy atom. The van der Waals surface area contributed by atoms with E-state index in [-0.39, 0.29) is 23.6 Å². The maximum atomic E-state index is 13.4. The predicted molar refractivity (Wildman–Crippen MR) is 142 cm³/mol. The number of nitriles is 1. The van der Waals surface area contributed by atoms with E-state index in [0.29, 0.717) is 31.3 Å². The summed E-state index contributed by atoms with van der Waals surface area (Å²) in [5.74, 6) is 1.02. The summed E-state index contributed by atoms with van der Waals surface area (Å²) in [5, 5.41) is 10.2. The molecular formula is C25H25ClN4O2S2. The number of thioether (sulfide) groups is 1. The Bertz CT molecular complexity index is 1310. The Labute approximate surface area is 213 Å². The molecule has 1 unspecified atom stereocenters. The van der Waals surface area contributed by atoms with E-state index in [0.717, 1.165) is 37.3 Å². The highest BCUT2D eigenvalue weighted by molar-refractivity contribution is 8.26. The average molecular weight is 513 g/mol. The van der Waals surface area contributed by atoms with Crippen LogP contribution in [0.1, 0.15) is 42.0 Å². The predicted octanol–water partition coefficient (Wildman–Crippen LogP) is 4.86. The van der Waals surface area contributed by atoms with Crippen molar-refractivity contribution in [3.05, 3.63) is 66.8 Å². The van der Waals surface area contributed by atoms with Gasteiger partial charge in [0, 0.05) is 30.7 Å². The molecule has 6 nitrogen and oxygen atoms in total. The third-order valence-corrected chi connectivity index (χ3v) is 8.11. The highest BCUT2D eigenvalue weighted by Gasteiger charge is 2.34. The lowest BCUT2D eigenvalue weighted by Crippen LogP contribution is -2.39. The molecule has 2 aromatic rings. The number of piperidine rings is 1. The number of carbonyl (C=O) groups is 1. The van der Waals surface area contributed by atoms with Crippen molar-refractivity contribution < 1.29 is 4.79 Å². The summed E-state index contributed by atoms with van der Waals surface area (Å²) < 4.78 is 1.99. The van der Waals surface area contributed by atoms with Gasteiger partial charge in [0.15, 0.2) is 0 Å². The number of anilines is 1. The number of carbonyl (C=O) groups excluding carboxylic acids is 1. The Kier molecular flexibility index (Phi) is 7.17. The fraction of sp³-hybridized carbons (Fsp3) is 0.360. The number of aromatic nitrogens is 1. The van der Waals surface area contributed by atoms with Crippen LogP contribution in [0, 0.1) is 24.2 Å². The van der Waals surface area contributed by atoms with Gasteiger partial charge >= 0.3 is 0 Å². The van der Waals surface area contributed by atoms with Crippen LogP contribution in [0.2, 0.25) is 5.02 Å². The highest BCUT2D eigenvalue weighted by atomic mass is 35.5. The molecule has 2 aliphatic rings. The van der Waals surface area contributed by atoms with Crippen molar-refractivity contribution in [3.63, 3.8) is 0 Å². The third-order valence-electron chi connectivity index (χ3n) is 6.36. The largest absolute Gasteiger partial charge is 0.357 e. The molecule has 0 aliphatic carbocycles. The monoisotopic (exact) mass is 512 g/mol. The quantitative estimate of drug-likeness (QED) is 0.430. The number of nitrogens with zero attached hydrogens (tertiary/aromatic N) is 4. The van der Waals surface area contributed by atoms with Gasteiger partial charge < -0.3 is 4.90 Å². The zero-order chi connectivity index (χ0) is 24.6. The summed E-state index contributed by atoms with van der Waals surface area (Å²) in [6.45, 7) is 5.88. The number of hydrogen-bond acceptors (Lipinski definition) is 6. The molecule has 34 heavy (non-hydrogen) atoms. The number of hydrogen-bond donors (Lipinski definition) is 0. The van der Waals surface area contributed by atoms with Crippen molar-refractivity contribution in [2.45, 2.75) is 33.2 Å². The second-order valence-corrected chi connectivity index (χ2v) is 10.8. The molecule has 4 rings (SSSR count). The fourth-order valence-electron chi connectivity index (χ4n) is 4.54. The number of thiocarbonyl (C=S) groups is 1. The number of benzene rings is 1. The van der Waals surface area contributed by atoms with Gasteiger partial charge in [-0.15, -0.1) is 0 Å². The van der Waals surface area contributed by atoms with Gasteiger partial charge in [0.25, 0.3) is 11.5 Å². The molecule has 1 aromatic heterocycles. The van der Waals surface area contributed by atoms with Gasteiger partial charge in [-0.05, 0) is 49.0 Å². The molecule has 2 aliphatic heterocycles. The van der Waals surface area contributed by atoms with E-state index < -0.39 is 0 Å². The van der Waals surface area contributed by atoms with E-state index >= 15 is 0 Å². The van der Waals surface area contributed by atoms with Crippen LogP contribution in [0.4, 0.5) is 5.82 Å². The van der Waals surface area contributed by atoms with Crippen LogP contribution in [0.3, 0.4) is 0 Å². The Morgan fingerprint density at radius 1 is 1.32 bits per heavy atom. The van der Waals surface area contributed by atoms with Gasteiger partial charge in [0.1, 0.15) is 21.8 Å². The molecule has 3 heterocycles. The topological polar surface area (TPSA) is 69.3 Å². The second-order valence-electron chi connectivity index (χ2n) is 8.77. The molecule has 0 N–H and O–H groups in total. The zero-order valence-corrected chi connectivity index (χ0v) is 21.7. The number of pyridine rings is 1. The summed E-state index contributed by atoms with van der Waals surface area (Å²) in [7, 11) is 1.69. The molecule has 9 heteroatoms. The molecule has 1 aromatic carbocycles. The van der Waals surface area contributed by atoms with Crippen LogP contribution in [0.25, 0.3) is 6.08 Å². The van der Waals surface area contributed by atoms with Crippen molar-refractivity contribution >= 4 is 57.7 Å². The average Bonchev–Trinajstić information content (AvgIpc) is 3.06. The molecule has 0 saturated carbocycles. The molecule has 1 atom stereocenters. The number of amides is 1. The maximum Gasteiger partial charge on any atom is 0.270 e. The molecule has 0 spiro atoms. The second kappa shape index (κ2) is 9.95. The number of rotatable bonds is 4. The summed E-state index contributed by atoms with van der Waals surface area (Å²) in [6, 6.07) is 9.42. The van der Waals surface area contributed by atoms with Crippen molar-refractivity contribution in [1.82, 2.24) is 9.47 Å². The molecular weight excluding hydrogens is 488 g/mol. The lowest BCUT2D eigenvalue weighted by atomic mass is 9.98. The van der Waals surface area contributed by atoms with E-state index in [2.05, 4.69) is 17.9 Å². The summed E-state index contributed by atoms with van der Waals surface area (Å²) >= 11 is 13.0. The standard InChI is InChI=1S/C25H25ClN4O2S2/c1-15-7-6-10-29(13-15)22-18(16(2)19(12-27)23(31)28(22)3)11-21-24(32)30(25(33)34-21)14-17-8-4-5-9-20(17)26/h4-5,8-9,11,15H,6-7,10,13-14H2,1-3H3. The lowest BCUT2D eigenvalue weighted by molar-refractivity contribution is -0.122. The minimum atomic E-state index is -0.323. The van der Waals surface area contributed by atoms with Crippen molar-refractivity contribution in [2.75, 3.05) is 18.0 Å². The molecule has 0 radical (unpaired) electrons. The Balaban J connectivity index is 1.79. The minimum Gasteiger partial charge on any atom is -0.357 e. The fourth-order valence-corrected chi connectivity index (χ4v) is 5.97. The SMILES string of the molecule is Cc1c(C=C2SC(=S)N(Cc3ccccc3Cl)C2=O)c(N2CCCC(C)C2)n(C)c(=O)c1C#N. The minimum absolute atomic E-state index is 0.0918. The Hall–Kier alpha value is -2.60. The van der Waals surface area contributed by atoms with Crippen LogP contribution in [0.15, 0.2) is 34.0 Å². The molecule has 176 valence electrons. The van der Waals surface area contributed by atoms with Crippen molar-refractivity contribution in [3.8, 4) is 6.07 Å². The molecule has 2 saturated heterocycles. The first-order valence-electron chi connectivity index (χ1n) is 11.1. The van der Waals surface area contributed by atoms with Crippen LogP contribution in [0.5, 0.6) is 0 Å². The van der Waals surface area contributed by atoms with E-state index in [1.165, 1.54) is 16.7 Å². The Morgan fingerprint density at radius 2 is 2.06 bits per heavy atom. The van der Waals surface area contributed by atoms with Gasteiger partial charge in [0.05, 0.1) is 11.4 Å². The summed E-state index contributed by atoms with van der Waals surface area (Å²) in [6.07, 6.45) is 3.94. The molecule has 0 bridgehead atoms. The van der Waals surface area contributed by atoms with Gasteiger partial charge in [-0.25, -0.2) is 0 Å². The van der Waals surface area contributed by atoms with E-state index in [1.54, 1.807) is 30.7 Å². The van der Waals surface area contributed by atoms with E-state index in [1.807, 2.05) is 18.2 Å². The smallest absolute Gasteiger partial charge is 0.270 e. The zero-order valence-electron chi connectivity index (χ0n) is 19.3. The first-order chi connectivity index (χ1) is 16.2. The van der Waals surface area contributed by atoms with Gasteiger partial charge in [0.2, 0.25) is 0 Å². The van der Waals surface area contributed by atoms with Gasteiger partial charge in [-0.3, -0.25) is 19.1 Å². The van der Waals surface area contributed by atoms with Crippen LogP contribution in [-0.2, 0) is 18.4 Å². The lowest BCUT2D eigenvalue weighted by Gasteiger charge is -2.35. The number of halogens is 1. The normalized spacial score (nSPS) is 19.7. The van der Waals surface area contributed by atoms with Crippen molar-refractivity contribution in [1.29, 1.82) is 5.26 Å². The van der Waals surface area contributed by atoms with Crippen molar-refractivity contribution in [2.24, 2.45) is 13.0 Å². The third kappa shape index (κ3) is 4.52. The molecule has 2 fully saturated rings. The van der Waals surface area contributed by atoms with Crippen LogP contribution in [-0.4, -0.2) is 32.8 Å². The van der Waals surface area contributed by atoms with Crippen LogP contribution >= 0.6 is 35.6 Å². The first-order valence-corrected chi connectivity index (χ1v) is 12.7. The van der Waals surface area contributed by atoms with Gasteiger partial charge in [-0.1, -0.05) is 60.7 Å². The maximum absolute atomic E-state index is 13.4.